The van der Waals surface area contributed by atoms with Crippen LogP contribution in [0.1, 0.15) is 18.4 Å². The van der Waals surface area contributed by atoms with E-state index in [1.807, 2.05) is 0 Å². The van der Waals surface area contributed by atoms with Crippen molar-refractivity contribution in [1.29, 1.82) is 10.5 Å². The summed E-state index contributed by atoms with van der Waals surface area (Å²) in [5.74, 6) is -4.22. The number of hydrogen-bond acceptors (Lipinski definition) is 7. The second-order valence-electron chi connectivity index (χ2n) is 7.34. The zero-order valence-corrected chi connectivity index (χ0v) is 18.0. The molecule has 3 atom stereocenters. The molecule has 0 unspecified atom stereocenters. The molecule has 1 aliphatic heterocycles. The van der Waals surface area contributed by atoms with Crippen LogP contribution in [0.2, 0.25) is 0 Å². The van der Waals surface area contributed by atoms with E-state index in [0.29, 0.717) is 6.07 Å². The van der Waals surface area contributed by atoms with E-state index in [1.165, 1.54) is 23.1 Å². The number of rotatable bonds is 4. The number of halogens is 3. The largest absolute Gasteiger partial charge is 0.481 e. The summed E-state index contributed by atoms with van der Waals surface area (Å²) in [5, 5.41) is 22.6. The van der Waals surface area contributed by atoms with E-state index in [4.69, 9.17) is 15.3 Å². The lowest BCUT2D eigenvalue weighted by Gasteiger charge is -2.30. The number of morpholine rings is 1. The van der Waals surface area contributed by atoms with Gasteiger partial charge in [-0.3, -0.25) is 9.59 Å². The van der Waals surface area contributed by atoms with E-state index in [2.05, 4.69) is 0 Å². The number of carboxylic acid groups (broad SMARTS) is 1. The normalized spacial score (nSPS) is 22.9. The number of nitrogens with zero attached hydrogens (tertiary/aromatic N) is 3. The molecule has 0 spiro atoms. The summed E-state index contributed by atoms with van der Waals surface area (Å²) < 4.78 is 71.0. The summed E-state index contributed by atoms with van der Waals surface area (Å²) in [7, 11) is -4.49. The Hall–Kier alpha value is -3.16. The Morgan fingerprint density at radius 2 is 1.61 bits per heavy atom. The average Bonchev–Trinajstić information content (AvgIpc) is 3.25. The number of amides is 1. The van der Waals surface area contributed by atoms with Crippen LogP contribution in [-0.2, 0) is 30.3 Å². The van der Waals surface area contributed by atoms with Gasteiger partial charge >= 0.3 is 12.1 Å². The lowest BCUT2D eigenvalue weighted by Crippen LogP contribution is -2.45. The van der Waals surface area contributed by atoms with Gasteiger partial charge < -0.3 is 14.7 Å². The molecule has 0 radical (unpaired) electrons. The molecular formula is C20H20F3N3O6S. The van der Waals surface area contributed by atoms with Gasteiger partial charge in [0, 0.05) is 13.1 Å². The van der Waals surface area contributed by atoms with E-state index in [1.54, 1.807) is 0 Å². The minimum Gasteiger partial charge on any atom is -0.481 e. The Kier molecular flexibility index (Phi) is 8.41. The van der Waals surface area contributed by atoms with Crippen molar-refractivity contribution in [3.63, 3.8) is 0 Å². The van der Waals surface area contributed by atoms with Crippen molar-refractivity contribution in [2.24, 2.45) is 11.8 Å². The highest BCUT2D eigenvalue weighted by atomic mass is 32.2. The maximum atomic E-state index is 13.3. The van der Waals surface area contributed by atoms with Crippen molar-refractivity contribution in [1.82, 2.24) is 4.90 Å². The van der Waals surface area contributed by atoms with E-state index in [0.717, 1.165) is 12.1 Å². The zero-order valence-electron chi connectivity index (χ0n) is 17.2. The number of carbonyl (C=O) groups excluding carboxylic acids is 1. The van der Waals surface area contributed by atoms with E-state index in [-0.39, 0.29) is 32.7 Å². The predicted molar refractivity (Wildman–Crippen MR) is 105 cm³/mol. The molecule has 1 aromatic rings. The molecule has 1 amide bonds. The molecular weight excluding hydrogens is 467 g/mol. The maximum absolute atomic E-state index is 13.3. The topological polar surface area (TPSA) is 149 Å². The summed E-state index contributed by atoms with van der Waals surface area (Å²) in [5.41, 5.74) is -1.30. The van der Waals surface area contributed by atoms with Crippen LogP contribution in [-0.4, -0.2) is 61.9 Å². The number of carbonyl (C=O) groups is 2. The number of aliphatic carboxylic acids is 1. The van der Waals surface area contributed by atoms with Gasteiger partial charge in [0.05, 0.1) is 40.8 Å². The molecule has 0 bridgehead atoms. The predicted octanol–water partition coefficient (Wildman–Crippen LogP) is 1.85. The van der Waals surface area contributed by atoms with Crippen molar-refractivity contribution in [2.75, 3.05) is 26.3 Å². The minimum absolute atomic E-state index is 0.260. The van der Waals surface area contributed by atoms with Gasteiger partial charge in [0.25, 0.3) is 0 Å². The molecule has 2 fully saturated rings. The van der Waals surface area contributed by atoms with E-state index in [9.17, 15) is 36.3 Å². The van der Waals surface area contributed by atoms with Gasteiger partial charge in [-0.1, -0.05) is 12.1 Å². The summed E-state index contributed by atoms with van der Waals surface area (Å²) in [6, 6.07) is 6.28. The first-order valence-corrected chi connectivity index (χ1v) is 11.3. The Balaban J connectivity index is 0.000000890. The monoisotopic (exact) mass is 487 g/mol. The van der Waals surface area contributed by atoms with Gasteiger partial charge in [-0.2, -0.15) is 23.7 Å². The smallest absolute Gasteiger partial charge is 0.417 e. The fourth-order valence-electron chi connectivity index (χ4n) is 3.94. The quantitative estimate of drug-likeness (QED) is 0.676. The maximum Gasteiger partial charge on any atom is 0.417 e. The van der Waals surface area contributed by atoms with Crippen molar-refractivity contribution in [2.45, 2.75) is 29.2 Å². The fourth-order valence-corrected chi connectivity index (χ4v) is 5.98. The molecule has 13 heteroatoms. The fraction of sp³-hybridized carbons (Fsp3) is 0.500. The number of benzene rings is 1. The van der Waals surface area contributed by atoms with Crippen molar-refractivity contribution in [3.05, 3.63) is 29.8 Å². The average molecular weight is 487 g/mol. The molecule has 3 rings (SSSR count). The molecule has 9 nitrogen and oxygen atoms in total. The number of sulfone groups is 1. The van der Waals surface area contributed by atoms with Crippen LogP contribution in [0.15, 0.2) is 29.2 Å². The first-order chi connectivity index (χ1) is 15.4. The first-order valence-electron chi connectivity index (χ1n) is 9.72. The highest BCUT2D eigenvalue weighted by Crippen LogP contribution is 2.42. The molecule has 0 aromatic heterocycles. The van der Waals surface area contributed by atoms with Crippen LogP contribution < -0.4 is 0 Å². The molecule has 2 aliphatic rings. The van der Waals surface area contributed by atoms with Gasteiger partial charge in [0.2, 0.25) is 5.91 Å². The molecule has 1 N–H and O–H groups in total. The third kappa shape index (κ3) is 6.00. The van der Waals surface area contributed by atoms with Gasteiger partial charge in [0.15, 0.2) is 22.0 Å². The van der Waals surface area contributed by atoms with Gasteiger partial charge in [-0.15, -0.1) is 0 Å². The van der Waals surface area contributed by atoms with E-state index < -0.39 is 61.9 Å². The van der Waals surface area contributed by atoms with Crippen molar-refractivity contribution < 1.29 is 41.0 Å². The van der Waals surface area contributed by atoms with Crippen LogP contribution in [0.25, 0.3) is 0 Å². The molecule has 1 aliphatic carbocycles. The lowest BCUT2D eigenvalue weighted by atomic mass is 9.94. The summed E-state index contributed by atoms with van der Waals surface area (Å²) in [6.45, 7) is 1.10. The number of carboxylic acids is 1. The third-order valence-corrected chi connectivity index (χ3v) is 7.70. The summed E-state index contributed by atoms with van der Waals surface area (Å²) in [4.78, 5) is 25.0. The van der Waals surface area contributed by atoms with Crippen LogP contribution in [0.4, 0.5) is 13.2 Å². The lowest BCUT2D eigenvalue weighted by molar-refractivity contribution is -0.150. The second kappa shape index (κ2) is 10.6. The highest BCUT2D eigenvalue weighted by Gasteiger charge is 2.50. The Morgan fingerprint density at radius 1 is 1.06 bits per heavy atom. The van der Waals surface area contributed by atoms with Crippen LogP contribution in [0, 0.1) is 34.5 Å². The Bertz CT molecular complexity index is 1060. The first kappa shape index (κ1) is 26.1. The Morgan fingerprint density at radius 3 is 2.12 bits per heavy atom. The molecule has 178 valence electrons. The van der Waals surface area contributed by atoms with Crippen LogP contribution >= 0.6 is 0 Å². The zero-order chi connectivity index (χ0) is 24.8. The van der Waals surface area contributed by atoms with Crippen molar-refractivity contribution in [3.8, 4) is 12.1 Å². The van der Waals surface area contributed by atoms with Crippen LogP contribution in [0.5, 0.6) is 0 Å². The minimum atomic E-state index is -4.88. The summed E-state index contributed by atoms with van der Waals surface area (Å²) >= 11 is 0. The number of ether oxygens (including phenoxy) is 1. The molecule has 1 heterocycles. The summed E-state index contributed by atoms with van der Waals surface area (Å²) in [6.07, 6.45) is -5.62. The third-order valence-electron chi connectivity index (χ3n) is 5.46. The number of hydrogen-bond donors (Lipinski definition) is 1. The molecule has 1 saturated heterocycles. The SMILES string of the molecule is N#CC#N.O=C(O)[C@@H]1C[C@H](S(=O)(=O)c2ccccc2C(F)(F)F)C[C@H]1C(=O)N1CCOCC1. The van der Waals surface area contributed by atoms with Gasteiger partial charge in [0.1, 0.15) is 0 Å². The standard InChI is InChI=1S/C18H20F3NO6S.C2N2/c19-18(20,21)14-3-1-2-4-15(14)29(26,27)11-9-12(13(10-11)17(24)25)16(23)22-5-7-28-8-6-22;3-1-2-4/h1-4,11-13H,5-10H2,(H,24,25);/t11-,12-,13-;/m1./s1. The van der Waals surface area contributed by atoms with E-state index >= 15 is 0 Å². The number of nitriles is 2. The Labute approximate surface area is 187 Å². The highest BCUT2D eigenvalue weighted by molar-refractivity contribution is 7.92. The molecule has 1 aromatic carbocycles. The molecule has 33 heavy (non-hydrogen) atoms. The van der Waals surface area contributed by atoms with Crippen molar-refractivity contribution >= 4 is 21.7 Å². The molecule has 1 saturated carbocycles. The number of alkyl halides is 3. The van der Waals surface area contributed by atoms with Crippen LogP contribution in [0.3, 0.4) is 0 Å². The second-order valence-corrected chi connectivity index (χ2v) is 9.54. The van der Waals surface area contributed by atoms with Gasteiger partial charge in [-0.05, 0) is 25.0 Å². The van der Waals surface area contributed by atoms with Gasteiger partial charge in [-0.25, -0.2) is 8.42 Å².